The van der Waals surface area contributed by atoms with E-state index in [4.69, 9.17) is 4.74 Å². The Labute approximate surface area is 124 Å². The molecule has 1 rings (SSSR count). The zero-order valence-electron chi connectivity index (χ0n) is 13.1. The summed E-state index contributed by atoms with van der Waals surface area (Å²) in [4.78, 5) is 22.9. The second kappa shape index (κ2) is 6.60. The summed E-state index contributed by atoms with van der Waals surface area (Å²) in [6.07, 6.45) is 2.71. The fourth-order valence-electron chi connectivity index (χ4n) is 1.60. The molecule has 0 fully saturated rings. The highest BCUT2D eigenvalue weighted by atomic mass is 16.6. The number of amides is 1. The fourth-order valence-corrected chi connectivity index (χ4v) is 1.60. The standard InChI is InChI=1S/C14H23N3O4/c1-9(2)10-6-15-17(7-10)8-11(12(18)19)16-13(20)21-14(3,4)5/h6-7,9,11H,8H2,1-5H3,(H,16,20)(H,18,19). The Morgan fingerprint density at radius 3 is 2.48 bits per heavy atom. The van der Waals surface area contributed by atoms with Crippen LogP contribution in [-0.4, -0.2) is 38.6 Å². The Bertz CT molecular complexity index is 503. The molecule has 1 unspecified atom stereocenters. The smallest absolute Gasteiger partial charge is 0.408 e. The van der Waals surface area contributed by atoms with Crippen LogP contribution in [0, 0.1) is 0 Å². The number of hydrogen-bond acceptors (Lipinski definition) is 4. The van der Waals surface area contributed by atoms with Crippen LogP contribution in [-0.2, 0) is 16.1 Å². The van der Waals surface area contributed by atoms with Gasteiger partial charge in [-0.1, -0.05) is 13.8 Å². The van der Waals surface area contributed by atoms with Crippen molar-refractivity contribution in [2.75, 3.05) is 0 Å². The lowest BCUT2D eigenvalue weighted by Crippen LogP contribution is -2.45. The Kier molecular flexibility index (Phi) is 5.34. The summed E-state index contributed by atoms with van der Waals surface area (Å²) < 4.78 is 6.56. The van der Waals surface area contributed by atoms with E-state index >= 15 is 0 Å². The SMILES string of the molecule is CC(C)c1cnn(CC(NC(=O)OC(C)(C)C)C(=O)O)c1. The second-order valence-electron chi connectivity index (χ2n) is 6.19. The van der Waals surface area contributed by atoms with Crippen molar-refractivity contribution in [2.24, 2.45) is 0 Å². The zero-order valence-corrected chi connectivity index (χ0v) is 13.1. The predicted molar refractivity (Wildman–Crippen MR) is 77.1 cm³/mol. The maximum atomic E-state index is 11.7. The highest BCUT2D eigenvalue weighted by molar-refractivity contribution is 5.79. The number of aliphatic carboxylic acids is 1. The number of nitrogens with zero attached hydrogens (tertiary/aromatic N) is 2. The van der Waals surface area contributed by atoms with E-state index in [2.05, 4.69) is 10.4 Å². The second-order valence-corrected chi connectivity index (χ2v) is 6.19. The molecule has 118 valence electrons. The molecule has 1 amide bonds. The van der Waals surface area contributed by atoms with Crippen LogP contribution in [0.2, 0.25) is 0 Å². The third-order valence-corrected chi connectivity index (χ3v) is 2.68. The molecule has 21 heavy (non-hydrogen) atoms. The molecule has 1 atom stereocenters. The first kappa shape index (κ1) is 17.0. The van der Waals surface area contributed by atoms with E-state index in [0.717, 1.165) is 5.56 Å². The third-order valence-electron chi connectivity index (χ3n) is 2.68. The van der Waals surface area contributed by atoms with Crippen LogP contribution in [0.3, 0.4) is 0 Å². The van der Waals surface area contributed by atoms with Crippen molar-refractivity contribution in [3.8, 4) is 0 Å². The van der Waals surface area contributed by atoms with Crippen molar-refractivity contribution in [1.82, 2.24) is 15.1 Å². The largest absolute Gasteiger partial charge is 0.480 e. The lowest BCUT2D eigenvalue weighted by Gasteiger charge is -2.22. The molecule has 7 heteroatoms. The van der Waals surface area contributed by atoms with Crippen LogP contribution in [0.1, 0.15) is 46.1 Å². The topological polar surface area (TPSA) is 93.5 Å². The van der Waals surface area contributed by atoms with Gasteiger partial charge in [0.05, 0.1) is 12.7 Å². The van der Waals surface area contributed by atoms with Crippen molar-refractivity contribution in [2.45, 2.75) is 58.7 Å². The molecule has 1 aromatic rings. The minimum atomic E-state index is -1.14. The Morgan fingerprint density at radius 2 is 2.05 bits per heavy atom. The molecule has 2 N–H and O–H groups in total. The molecule has 0 radical (unpaired) electrons. The van der Waals surface area contributed by atoms with E-state index in [-0.39, 0.29) is 6.54 Å². The molecule has 7 nitrogen and oxygen atoms in total. The summed E-state index contributed by atoms with van der Waals surface area (Å²) in [6, 6.07) is -1.10. The molecule has 1 heterocycles. The summed E-state index contributed by atoms with van der Waals surface area (Å²) in [7, 11) is 0. The predicted octanol–water partition coefficient (Wildman–Crippen LogP) is 1.98. The van der Waals surface area contributed by atoms with Gasteiger partial charge in [-0.05, 0) is 32.3 Å². The number of carbonyl (C=O) groups is 2. The van der Waals surface area contributed by atoms with E-state index in [1.165, 1.54) is 4.68 Å². The average molecular weight is 297 g/mol. The lowest BCUT2D eigenvalue weighted by molar-refractivity contribution is -0.139. The van der Waals surface area contributed by atoms with Crippen molar-refractivity contribution in [3.63, 3.8) is 0 Å². The summed E-state index contributed by atoms with van der Waals surface area (Å²) in [5.41, 5.74) is 0.334. The maximum Gasteiger partial charge on any atom is 0.408 e. The zero-order chi connectivity index (χ0) is 16.2. The van der Waals surface area contributed by atoms with Gasteiger partial charge in [0.25, 0.3) is 0 Å². The summed E-state index contributed by atoms with van der Waals surface area (Å²) >= 11 is 0. The van der Waals surface area contributed by atoms with Crippen LogP contribution >= 0.6 is 0 Å². The van der Waals surface area contributed by atoms with Gasteiger partial charge in [0, 0.05) is 6.20 Å². The molecule has 0 aliphatic carbocycles. The normalized spacial score (nSPS) is 13.0. The average Bonchev–Trinajstić information content (AvgIpc) is 2.74. The number of aromatic nitrogens is 2. The van der Waals surface area contributed by atoms with Gasteiger partial charge < -0.3 is 15.2 Å². The van der Waals surface area contributed by atoms with Crippen molar-refractivity contribution in [3.05, 3.63) is 18.0 Å². The Balaban J connectivity index is 2.69. The van der Waals surface area contributed by atoms with Gasteiger partial charge in [-0.3, -0.25) is 4.68 Å². The van der Waals surface area contributed by atoms with E-state index in [0.29, 0.717) is 5.92 Å². The van der Waals surface area contributed by atoms with Crippen LogP contribution in [0.25, 0.3) is 0 Å². The number of hydrogen-bond donors (Lipinski definition) is 2. The Hall–Kier alpha value is -2.05. The first-order valence-corrected chi connectivity index (χ1v) is 6.83. The molecule has 0 aliphatic rings. The van der Waals surface area contributed by atoms with Gasteiger partial charge in [0.2, 0.25) is 0 Å². The van der Waals surface area contributed by atoms with E-state index in [1.54, 1.807) is 33.2 Å². The molecule has 0 aliphatic heterocycles. The number of carbonyl (C=O) groups excluding carboxylic acids is 1. The van der Waals surface area contributed by atoms with Gasteiger partial charge in [0.15, 0.2) is 0 Å². The van der Waals surface area contributed by atoms with Gasteiger partial charge in [-0.25, -0.2) is 9.59 Å². The third kappa shape index (κ3) is 5.85. The molecular weight excluding hydrogens is 274 g/mol. The number of ether oxygens (including phenoxy) is 1. The van der Waals surface area contributed by atoms with Gasteiger partial charge in [0.1, 0.15) is 11.6 Å². The lowest BCUT2D eigenvalue weighted by atomic mass is 10.1. The van der Waals surface area contributed by atoms with Crippen LogP contribution in [0.15, 0.2) is 12.4 Å². The van der Waals surface area contributed by atoms with Crippen molar-refractivity contribution >= 4 is 12.1 Å². The summed E-state index contributed by atoms with van der Waals surface area (Å²) in [5, 5.41) is 15.6. The molecule has 0 spiro atoms. The number of carboxylic acids is 1. The first-order valence-electron chi connectivity index (χ1n) is 6.83. The molecule has 0 aromatic carbocycles. The van der Waals surface area contributed by atoms with E-state index in [1.807, 2.05) is 13.8 Å². The number of nitrogens with one attached hydrogen (secondary N) is 1. The Morgan fingerprint density at radius 1 is 1.43 bits per heavy atom. The number of rotatable bonds is 5. The van der Waals surface area contributed by atoms with Gasteiger partial charge in [-0.15, -0.1) is 0 Å². The molecular formula is C14H23N3O4. The number of carboxylic acid groups (broad SMARTS) is 1. The summed E-state index contributed by atoms with van der Waals surface area (Å²) in [5.74, 6) is -0.830. The van der Waals surface area contributed by atoms with E-state index in [9.17, 15) is 14.7 Å². The minimum absolute atomic E-state index is 0.0430. The maximum absolute atomic E-state index is 11.7. The molecule has 0 saturated carbocycles. The minimum Gasteiger partial charge on any atom is -0.480 e. The number of alkyl carbamates (subject to hydrolysis) is 1. The molecule has 0 bridgehead atoms. The van der Waals surface area contributed by atoms with Gasteiger partial charge in [-0.2, -0.15) is 5.10 Å². The monoisotopic (exact) mass is 297 g/mol. The first-order chi connectivity index (χ1) is 9.58. The van der Waals surface area contributed by atoms with Crippen molar-refractivity contribution < 1.29 is 19.4 Å². The molecule has 0 saturated heterocycles. The highest BCUT2D eigenvalue weighted by Gasteiger charge is 2.24. The highest BCUT2D eigenvalue weighted by Crippen LogP contribution is 2.12. The van der Waals surface area contributed by atoms with E-state index < -0.39 is 23.7 Å². The fraction of sp³-hybridized carbons (Fsp3) is 0.643. The van der Waals surface area contributed by atoms with Crippen LogP contribution < -0.4 is 5.32 Å². The quantitative estimate of drug-likeness (QED) is 0.866. The van der Waals surface area contributed by atoms with Crippen molar-refractivity contribution in [1.29, 1.82) is 0 Å². The summed E-state index contributed by atoms with van der Waals surface area (Å²) in [6.45, 7) is 9.23. The van der Waals surface area contributed by atoms with Gasteiger partial charge >= 0.3 is 12.1 Å². The van der Waals surface area contributed by atoms with Crippen LogP contribution in [0.5, 0.6) is 0 Å². The van der Waals surface area contributed by atoms with Crippen LogP contribution in [0.4, 0.5) is 4.79 Å². The molecule has 1 aromatic heterocycles.